The molecule has 66 heteroatoms. The highest BCUT2D eigenvalue weighted by Gasteiger charge is -0.347. The third kappa shape index (κ3) is 32100. The molecule has 0 saturated carbocycles. The van der Waals surface area contributed by atoms with Gasteiger partial charge in [0.1, 0.15) is 0 Å². The first-order valence-electron chi connectivity index (χ1n) is 0. The molecule has 0 aromatic carbocycles. The van der Waals surface area contributed by atoms with Crippen LogP contribution in [0.25, 0.3) is 0 Å². The van der Waals surface area contributed by atoms with Crippen LogP contribution in [0.3, 0.4) is 0 Å². The van der Waals surface area contributed by atoms with Crippen molar-refractivity contribution in [1.82, 2.24) is 0 Å². The Hall–Kier alpha value is -2.64. The van der Waals surface area contributed by atoms with E-state index in [1.165, 1.54) is 0 Å². The monoisotopic (exact) mass is 1190 g/mol. The molecule has 132 N–H and O–H groups in total. The van der Waals surface area contributed by atoms with E-state index in [4.69, 9.17) is 0 Å². The van der Waals surface area contributed by atoms with Gasteiger partial charge in [0.15, 0.2) is 0 Å². The second-order valence-electron chi connectivity index (χ2n) is 0. The summed E-state index contributed by atoms with van der Waals surface area (Å²) in [7, 11) is 0. The predicted molar refractivity (Wildman–Crippen MR) is 239 cm³/mol. The Kier molecular flexibility index (Phi) is 18000000. The summed E-state index contributed by atoms with van der Waals surface area (Å²) in [6.45, 7) is 0. The van der Waals surface area contributed by atoms with Crippen molar-refractivity contribution in [2.45, 2.75) is 0 Å². The van der Waals surface area contributed by atoms with Crippen LogP contribution in [0.5, 0.6) is 0 Å². The van der Waals surface area contributed by atoms with Crippen LogP contribution in [-0.2, 0) is 0 Å². The molecule has 0 aliphatic carbocycles. The van der Waals surface area contributed by atoms with Gasteiger partial charge in [0.2, 0.25) is 0 Å². The Balaban J connectivity index is 0. The van der Waals surface area contributed by atoms with E-state index in [-0.39, 0.29) is 361 Å². The summed E-state index contributed by atoms with van der Waals surface area (Å²) in [5, 5.41) is 0. The van der Waals surface area contributed by atoms with Gasteiger partial charge in [-0.15, -0.1) is 0 Å². The summed E-state index contributed by atoms with van der Waals surface area (Å²) in [6, 6.07) is 0. The maximum atomic E-state index is 0. The third-order valence-corrected chi connectivity index (χ3v) is 0. The van der Waals surface area contributed by atoms with Gasteiger partial charge in [-0.05, 0) is 0 Å². The lowest BCUT2D eigenvalue weighted by atomic mass is 16.0. The second kappa shape index (κ2) is 33700. The smallest absolute Gasteiger partial charge is 0.412 e. The van der Waals surface area contributed by atoms with Gasteiger partial charge >= 0.3 is 0 Å². The molecule has 0 saturated heterocycles. The van der Waals surface area contributed by atoms with Gasteiger partial charge in [-0.25, -0.2) is 0 Å². The highest BCUT2D eigenvalue weighted by Crippen LogP contribution is -0.224. The molecule has 528 valence electrons. The highest BCUT2D eigenvalue weighted by molar-refractivity contribution is 0.889. The van der Waals surface area contributed by atoms with Crippen LogP contribution < -0.4 is 0 Å². The molecule has 0 aliphatic rings. The maximum Gasteiger partial charge on any atom is -0.412 e. The first-order chi connectivity index (χ1) is 0. The van der Waals surface area contributed by atoms with Crippen LogP contribution in [-0.4, -0.2) is 361 Å². The quantitative estimate of drug-likeness (QED) is 0.218. The van der Waals surface area contributed by atoms with Crippen molar-refractivity contribution >= 4 is 0 Å². The van der Waals surface area contributed by atoms with E-state index in [1.807, 2.05) is 0 Å². The minimum absolute atomic E-state index is 0. The summed E-state index contributed by atoms with van der Waals surface area (Å²) in [6.07, 6.45) is 0. The Morgan fingerprint density at radius 1 is 0.0152 bits per heavy atom. The van der Waals surface area contributed by atoms with Crippen LogP contribution >= 0.6 is 0 Å². The zero-order valence-electron chi connectivity index (χ0n) is 33.0. The topological polar surface area (TPSA) is 2080 Å². The van der Waals surface area contributed by atoms with E-state index < -0.39 is 0 Å². The van der Waals surface area contributed by atoms with Gasteiger partial charge in [-0.3, -0.25) is 0 Å². The Labute approximate surface area is 363 Å². The average molecular weight is 1190 g/mol. The summed E-state index contributed by atoms with van der Waals surface area (Å²) < 4.78 is 0. The largest absolute Gasteiger partial charge is 0.412 e. The standard InChI is InChI=1S/66H2O/h66*1H2. The normalized spacial score (nSPS) is 0. The fourth-order valence-electron chi connectivity index (χ4n) is 0. The lowest BCUT2D eigenvalue weighted by molar-refractivity contribution is 0.823. The van der Waals surface area contributed by atoms with E-state index in [0.717, 1.165) is 0 Å². The van der Waals surface area contributed by atoms with Gasteiger partial charge in [-0.2, -0.15) is 0 Å². The van der Waals surface area contributed by atoms with Gasteiger partial charge < -0.3 is 361 Å². The van der Waals surface area contributed by atoms with Gasteiger partial charge in [0, 0.05) is 0 Å². The van der Waals surface area contributed by atoms with Crippen LogP contribution in [0, 0.1) is 0 Å². The number of hydrogen-bond acceptors (Lipinski definition) is 0. The minimum Gasteiger partial charge on any atom is -0.412 e. The van der Waals surface area contributed by atoms with Crippen LogP contribution in [0.2, 0.25) is 0 Å². The van der Waals surface area contributed by atoms with E-state index in [0.29, 0.717) is 0 Å². The van der Waals surface area contributed by atoms with Crippen LogP contribution in [0.15, 0.2) is 0 Å². The van der Waals surface area contributed by atoms with Gasteiger partial charge in [0.05, 0.1) is 0 Å². The molecule has 0 heterocycles. The molecule has 0 unspecified atom stereocenters. The van der Waals surface area contributed by atoms with Crippen LogP contribution in [0.1, 0.15) is 0 Å². The van der Waals surface area contributed by atoms with Gasteiger partial charge in [0.25, 0.3) is 0 Å². The molecule has 0 rings (SSSR count). The molecule has 0 amide bonds. The second-order valence-corrected chi connectivity index (χ2v) is 0. The fraction of sp³-hybridized carbons (Fsp3) is 0. The van der Waals surface area contributed by atoms with E-state index in [1.54, 1.807) is 0 Å². The average Bonchev–Trinajstić information content (AvgIpc) is 0. The molecule has 0 aliphatic heterocycles. The Bertz CT molecular complexity index is 0. The predicted octanol–water partition coefficient (Wildman–Crippen LogP) is -54.4. The van der Waals surface area contributed by atoms with E-state index >= 15 is 0 Å². The lowest BCUT2D eigenvalue weighted by Gasteiger charge is -0.413. The SMILES string of the molecule is O.O.O.O.O.O.O.O.O.O.O.O.O.O.O.O.O.O.O.O.O.O.O.O.O.O.O.O.O.O.O.O.O.O.O.O.O.O.O.O.O.O.O.O.O.O.O.O.O.O.O.O.O.O.O.O.O.O.O.O.O.O.O.O.O.O. The zero-order chi connectivity index (χ0) is 0. The molecule has 0 fully saturated rings. The highest BCUT2D eigenvalue weighted by atomic mass is 16.1. The molecule has 0 radical (unpaired) electrons. The van der Waals surface area contributed by atoms with Crippen molar-refractivity contribution < 1.29 is 361 Å². The summed E-state index contributed by atoms with van der Waals surface area (Å²) >= 11 is 0. The number of rotatable bonds is 0. The lowest BCUT2D eigenvalue weighted by Crippen LogP contribution is -0.290. The van der Waals surface area contributed by atoms with Crippen molar-refractivity contribution in [3.63, 3.8) is 0 Å². The summed E-state index contributed by atoms with van der Waals surface area (Å²) in [4.78, 5) is 0. The molecule has 0 spiro atoms. The molecule has 0 bridgehead atoms. The van der Waals surface area contributed by atoms with Crippen molar-refractivity contribution in [3.05, 3.63) is 0 Å². The third-order valence-electron chi connectivity index (χ3n) is 0. The zero-order valence-corrected chi connectivity index (χ0v) is 33.0. The fourth-order valence-corrected chi connectivity index (χ4v) is 0. The van der Waals surface area contributed by atoms with Crippen molar-refractivity contribution in [1.29, 1.82) is 0 Å². The summed E-state index contributed by atoms with van der Waals surface area (Å²) in [5.74, 6) is 0. The maximum absolute atomic E-state index is 0. The molecule has 0 aromatic heterocycles. The number of hydrogen-bond donors (Lipinski definition) is 0. The molecule has 66 nitrogen and oxygen atoms in total. The first-order valence-corrected chi connectivity index (χ1v) is 0. The minimum atomic E-state index is 0. The van der Waals surface area contributed by atoms with Crippen molar-refractivity contribution in [3.8, 4) is 0 Å². The Morgan fingerprint density at radius 3 is 0.0152 bits per heavy atom. The molecular formula is H132O66. The summed E-state index contributed by atoms with van der Waals surface area (Å²) in [5.41, 5.74) is 0. The van der Waals surface area contributed by atoms with Crippen LogP contribution in [0.4, 0.5) is 0 Å². The molecular weight excluding hydrogens is 1060 g/mol. The van der Waals surface area contributed by atoms with Crippen molar-refractivity contribution in [2.75, 3.05) is 0 Å². The van der Waals surface area contributed by atoms with E-state index in [9.17, 15) is 0 Å². The van der Waals surface area contributed by atoms with E-state index in [2.05, 4.69) is 0 Å². The molecule has 0 aromatic rings. The first kappa shape index (κ1) is 35400. The molecule has 66 heavy (non-hydrogen) atoms. The molecule has 0 atom stereocenters. The van der Waals surface area contributed by atoms with Gasteiger partial charge in [-0.1, -0.05) is 0 Å². The Morgan fingerprint density at radius 2 is 0.0152 bits per heavy atom. The van der Waals surface area contributed by atoms with Crippen molar-refractivity contribution in [2.24, 2.45) is 0 Å².